The van der Waals surface area contributed by atoms with E-state index in [4.69, 9.17) is 14.4 Å². The van der Waals surface area contributed by atoms with E-state index in [-0.39, 0.29) is 18.1 Å². The molecule has 1 aromatic heterocycles. The number of carbonyl (C=O) groups is 1. The summed E-state index contributed by atoms with van der Waals surface area (Å²) < 4.78 is 52.1. The van der Waals surface area contributed by atoms with Crippen molar-refractivity contribution in [1.29, 1.82) is 5.26 Å². The molecule has 0 aliphatic rings. The largest absolute Gasteiger partial charge is 0.484 e. The standard InChI is InChI=1S/C21H15F3N2O4/c22-21(23,24)13-29-16-7-5-15(6-8-16)26-20(27)19-10-9-17(30-19)12-28-18-4-2-1-3-14(18)11-25/h1-10H,12-13H2,(H,26,27). The van der Waals surface area contributed by atoms with Gasteiger partial charge in [-0.15, -0.1) is 0 Å². The molecule has 3 rings (SSSR count). The van der Waals surface area contributed by atoms with E-state index < -0.39 is 18.7 Å². The summed E-state index contributed by atoms with van der Waals surface area (Å²) in [5.41, 5.74) is 0.737. The zero-order valence-corrected chi connectivity index (χ0v) is 15.4. The van der Waals surface area contributed by atoms with Crippen LogP contribution in [0.1, 0.15) is 21.9 Å². The van der Waals surface area contributed by atoms with Crippen molar-refractivity contribution in [3.8, 4) is 17.6 Å². The van der Waals surface area contributed by atoms with Gasteiger partial charge < -0.3 is 19.2 Å². The summed E-state index contributed by atoms with van der Waals surface area (Å²) in [5.74, 6) is 0.293. The summed E-state index contributed by atoms with van der Waals surface area (Å²) >= 11 is 0. The molecule has 154 valence electrons. The number of alkyl halides is 3. The highest BCUT2D eigenvalue weighted by Gasteiger charge is 2.28. The Morgan fingerprint density at radius 3 is 2.47 bits per heavy atom. The molecule has 0 unspecified atom stereocenters. The number of benzene rings is 2. The monoisotopic (exact) mass is 416 g/mol. The fourth-order valence-electron chi connectivity index (χ4n) is 2.40. The zero-order valence-electron chi connectivity index (χ0n) is 15.4. The first-order chi connectivity index (χ1) is 14.3. The Balaban J connectivity index is 1.55. The molecule has 0 aliphatic heterocycles. The Hall–Kier alpha value is -3.93. The van der Waals surface area contributed by atoms with E-state index in [1.54, 1.807) is 30.3 Å². The molecule has 0 saturated heterocycles. The summed E-state index contributed by atoms with van der Waals surface area (Å²) in [5, 5.41) is 11.6. The van der Waals surface area contributed by atoms with Crippen molar-refractivity contribution in [3.05, 3.63) is 77.7 Å². The minimum absolute atomic E-state index is 0.0250. The second-order valence-corrected chi connectivity index (χ2v) is 6.04. The second-order valence-electron chi connectivity index (χ2n) is 6.04. The Morgan fingerprint density at radius 1 is 1.03 bits per heavy atom. The predicted octanol–water partition coefficient (Wildman–Crippen LogP) is 4.92. The number of furan rings is 1. The lowest BCUT2D eigenvalue weighted by molar-refractivity contribution is -0.153. The molecule has 0 spiro atoms. The predicted molar refractivity (Wildman–Crippen MR) is 100 cm³/mol. The van der Waals surface area contributed by atoms with Crippen molar-refractivity contribution in [2.45, 2.75) is 12.8 Å². The van der Waals surface area contributed by atoms with Crippen LogP contribution in [0.3, 0.4) is 0 Å². The number of hydrogen-bond donors (Lipinski definition) is 1. The lowest BCUT2D eigenvalue weighted by atomic mass is 10.2. The van der Waals surface area contributed by atoms with Gasteiger partial charge in [-0.05, 0) is 48.5 Å². The number of nitrogens with zero attached hydrogens (tertiary/aromatic N) is 1. The van der Waals surface area contributed by atoms with Crippen LogP contribution in [0.4, 0.5) is 18.9 Å². The molecule has 0 saturated carbocycles. The Bertz CT molecular complexity index is 1050. The van der Waals surface area contributed by atoms with Crippen LogP contribution in [0.5, 0.6) is 11.5 Å². The van der Waals surface area contributed by atoms with Crippen LogP contribution in [-0.4, -0.2) is 18.7 Å². The average molecular weight is 416 g/mol. The fraction of sp³-hybridized carbons (Fsp3) is 0.143. The minimum atomic E-state index is -4.43. The van der Waals surface area contributed by atoms with Gasteiger partial charge in [0.15, 0.2) is 12.4 Å². The summed E-state index contributed by atoms with van der Waals surface area (Å²) in [7, 11) is 0. The first-order valence-corrected chi connectivity index (χ1v) is 8.66. The van der Waals surface area contributed by atoms with E-state index in [1.165, 1.54) is 30.3 Å². The molecule has 9 heteroatoms. The molecule has 30 heavy (non-hydrogen) atoms. The number of amides is 1. The van der Waals surface area contributed by atoms with E-state index in [0.717, 1.165) is 0 Å². The van der Waals surface area contributed by atoms with Gasteiger partial charge in [-0.1, -0.05) is 12.1 Å². The highest BCUT2D eigenvalue weighted by Crippen LogP contribution is 2.22. The van der Waals surface area contributed by atoms with E-state index in [1.807, 2.05) is 6.07 Å². The number of carbonyl (C=O) groups excluding carboxylic acids is 1. The Morgan fingerprint density at radius 2 is 1.77 bits per heavy atom. The van der Waals surface area contributed by atoms with E-state index >= 15 is 0 Å². The Labute approximate surface area is 169 Å². The van der Waals surface area contributed by atoms with Crippen LogP contribution < -0.4 is 14.8 Å². The van der Waals surface area contributed by atoms with Crippen molar-refractivity contribution in [3.63, 3.8) is 0 Å². The van der Waals surface area contributed by atoms with Gasteiger partial charge >= 0.3 is 6.18 Å². The molecule has 2 aromatic carbocycles. The highest BCUT2D eigenvalue weighted by atomic mass is 19.4. The minimum Gasteiger partial charge on any atom is -0.484 e. The first-order valence-electron chi connectivity index (χ1n) is 8.66. The molecule has 6 nitrogen and oxygen atoms in total. The first kappa shape index (κ1) is 20.8. The number of para-hydroxylation sites is 1. The number of anilines is 1. The van der Waals surface area contributed by atoms with Crippen LogP contribution in [0, 0.1) is 11.3 Å². The van der Waals surface area contributed by atoms with Gasteiger partial charge in [0.2, 0.25) is 0 Å². The molecule has 0 atom stereocenters. The third kappa shape index (κ3) is 5.78. The molecule has 0 fully saturated rings. The smallest absolute Gasteiger partial charge is 0.422 e. The van der Waals surface area contributed by atoms with Crippen LogP contribution in [-0.2, 0) is 6.61 Å². The quantitative estimate of drug-likeness (QED) is 0.591. The highest BCUT2D eigenvalue weighted by molar-refractivity contribution is 6.02. The van der Waals surface area contributed by atoms with Gasteiger partial charge in [-0.25, -0.2) is 0 Å². The number of rotatable bonds is 7. The van der Waals surface area contributed by atoms with E-state index in [0.29, 0.717) is 22.8 Å². The summed E-state index contributed by atoms with van der Waals surface area (Å²) in [6.45, 7) is -1.37. The van der Waals surface area contributed by atoms with Crippen LogP contribution in [0.2, 0.25) is 0 Å². The third-order valence-electron chi connectivity index (χ3n) is 3.78. The summed E-state index contributed by atoms with van der Waals surface area (Å²) in [6, 6.07) is 17.2. The number of hydrogen-bond acceptors (Lipinski definition) is 5. The van der Waals surface area contributed by atoms with Crippen LogP contribution in [0.25, 0.3) is 0 Å². The summed E-state index contributed by atoms with van der Waals surface area (Å²) in [4.78, 5) is 12.3. The van der Waals surface area contributed by atoms with Crippen molar-refractivity contribution < 1.29 is 31.9 Å². The van der Waals surface area contributed by atoms with Gasteiger partial charge in [0.05, 0.1) is 5.56 Å². The van der Waals surface area contributed by atoms with Gasteiger partial charge in [-0.2, -0.15) is 18.4 Å². The maximum atomic E-state index is 12.3. The van der Waals surface area contributed by atoms with E-state index in [2.05, 4.69) is 10.1 Å². The van der Waals surface area contributed by atoms with Gasteiger partial charge in [-0.3, -0.25) is 4.79 Å². The van der Waals surface area contributed by atoms with Crippen molar-refractivity contribution >= 4 is 11.6 Å². The third-order valence-corrected chi connectivity index (χ3v) is 3.78. The topological polar surface area (TPSA) is 84.5 Å². The van der Waals surface area contributed by atoms with Gasteiger partial charge in [0, 0.05) is 5.69 Å². The molecule has 1 N–H and O–H groups in total. The number of halogens is 3. The zero-order chi connectivity index (χ0) is 21.6. The normalized spacial score (nSPS) is 10.9. The number of nitrogens with one attached hydrogen (secondary N) is 1. The molecule has 1 heterocycles. The van der Waals surface area contributed by atoms with Crippen LogP contribution in [0.15, 0.2) is 65.1 Å². The fourth-order valence-corrected chi connectivity index (χ4v) is 2.40. The average Bonchev–Trinajstić information content (AvgIpc) is 3.20. The maximum Gasteiger partial charge on any atom is 0.422 e. The SMILES string of the molecule is N#Cc1ccccc1OCc1ccc(C(=O)Nc2ccc(OCC(F)(F)F)cc2)o1. The molecule has 1 amide bonds. The molecule has 0 radical (unpaired) electrons. The summed E-state index contributed by atoms with van der Waals surface area (Å²) in [6.07, 6.45) is -4.43. The molecular formula is C21H15F3N2O4. The van der Waals surface area contributed by atoms with Gasteiger partial charge in [0.1, 0.15) is 29.9 Å². The molecule has 0 aliphatic carbocycles. The van der Waals surface area contributed by atoms with E-state index in [9.17, 15) is 18.0 Å². The van der Waals surface area contributed by atoms with Crippen molar-refractivity contribution in [2.75, 3.05) is 11.9 Å². The molecule has 3 aromatic rings. The van der Waals surface area contributed by atoms with Crippen molar-refractivity contribution in [1.82, 2.24) is 0 Å². The maximum absolute atomic E-state index is 12.3. The lowest BCUT2D eigenvalue weighted by Crippen LogP contribution is -2.19. The molecule has 0 bridgehead atoms. The lowest BCUT2D eigenvalue weighted by Gasteiger charge is -2.09. The number of nitriles is 1. The second kappa shape index (κ2) is 9.05. The van der Waals surface area contributed by atoms with Crippen LogP contribution >= 0.6 is 0 Å². The number of ether oxygens (including phenoxy) is 2. The Kier molecular flexibility index (Phi) is 6.27. The van der Waals surface area contributed by atoms with Gasteiger partial charge in [0.25, 0.3) is 5.91 Å². The molecular weight excluding hydrogens is 401 g/mol. The van der Waals surface area contributed by atoms with Crippen molar-refractivity contribution in [2.24, 2.45) is 0 Å².